The quantitative estimate of drug-likeness (QED) is 0.0978. The van der Waals surface area contributed by atoms with Crippen LogP contribution in [0.1, 0.15) is 29.3 Å². The van der Waals surface area contributed by atoms with Gasteiger partial charge in [-0.05, 0) is 60.5 Å². The van der Waals surface area contributed by atoms with Gasteiger partial charge in [-0.1, -0.05) is 102 Å². The maximum Gasteiger partial charge on any atom is 0.161 e. The first-order chi connectivity index (χ1) is 29.8. The molecule has 1 unspecified atom stereocenters. The molecule has 0 bridgehead atoms. The number of hydrogen-bond acceptors (Lipinski definition) is 2. The van der Waals surface area contributed by atoms with Crippen molar-refractivity contribution in [2.24, 2.45) is 20.9 Å². The number of fused-ring (bicyclic) bond motifs is 3. The Bertz CT molecular complexity index is 3020. The Labute approximate surface area is 376 Å². The number of nitrogens with zero attached hydrogens (tertiary/aromatic N) is 4. The van der Waals surface area contributed by atoms with Crippen LogP contribution in [-0.4, -0.2) is 108 Å². The number of aromatic nitrogens is 1. The Hall–Kier alpha value is -5.94. The van der Waals surface area contributed by atoms with Gasteiger partial charge in [0.1, 0.15) is 78.5 Å². The van der Waals surface area contributed by atoms with Crippen LogP contribution in [0.15, 0.2) is 112 Å². The normalized spacial score (nSPS) is 13.9. The highest BCUT2D eigenvalue weighted by molar-refractivity contribution is 6.70. The Kier molecular flexibility index (Phi) is 11.8. The molecule has 62 heavy (non-hydrogen) atoms. The second-order valence-corrected chi connectivity index (χ2v) is 17.3. The van der Waals surface area contributed by atoms with Crippen molar-refractivity contribution in [3.63, 3.8) is 0 Å². The minimum absolute atomic E-state index is 0.404. The molecule has 15 heteroatoms. The molecule has 1 aliphatic carbocycles. The van der Waals surface area contributed by atoms with Crippen LogP contribution in [0.4, 0.5) is 11.4 Å². The average Bonchev–Trinajstić information content (AvgIpc) is 3.62. The third kappa shape index (κ3) is 7.23. The highest BCUT2D eigenvalue weighted by Gasteiger charge is 2.27. The molecule has 0 saturated heterocycles. The number of para-hydroxylation sites is 1. The van der Waals surface area contributed by atoms with Crippen molar-refractivity contribution in [1.29, 1.82) is 0 Å². The highest BCUT2D eigenvalue weighted by Crippen LogP contribution is 2.46. The van der Waals surface area contributed by atoms with Gasteiger partial charge in [-0.2, -0.15) is 0 Å². The Morgan fingerprint density at radius 3 is 1.82 bits per heavy atom. The SMILES string of the molecule is Bc1c(B)c(B)c(/C(N=C)=N/C(=N\c2ccccc2-c2c(NC)ccc3c2c2c(n3-c3cccc(-c4ccccc4)c3)CC(C)C=C2)c2c(B)c(B)c(B)c(B)c2B)c(B)c1B. The fraction of sp³-hybridized carbons (Fsp3) is 0.0851. The second-order valence-electron chi connectivity index (χ2n) is 17.3. The van der Waals surface area contributed by atoms with Crippen molar-refractivity contribution in [1.82, 2.24) is 4.57 Å². The van der Waals surface area contributed by atoms with Gasteiger partial charge in [0.2, 0.25) is 0 Å². The number of hydrogen-bond donors (Lipinski definition) is 1. The number of rotatable bonds is 7. The molecule has 6 aromatic carbocycles. The average molecular weight is 792 g/mol. The molecule has 292 valence electrons. The van der Waals surface area contributed by atoms with E-state index < -0.39 is 0 Å². The number of allylic oxidation sites excluding steroid dienone is 1. The van der Waals surface area contributed by atoms with Gasteiger partial charge in [-0.25, -0.2) is 15.0 Å². The van der Waals surface area contributed by atoms with Crippen LogP contribution < -0.4 is 59.9 Å². The molecule has 5 nitrogen and oxygen atoms in total. The topological polar surface area (TPSA) is 54.0 Å². The lowest BCUT2D eigenvalue weighted by Gasteiger charge is -2.22. The molecule has 0 saturated carbocycles. The Balaban J connectivity index is 1.44. The van der Waals surface area contributed by atoms with Crippen LogP contribution in [0.3, 0.4) is 0 Å². The molecule has 1 heterocycles. The second kappa shape index (κ2) is 17.1. The predicted octanol–water partition coefficient (Wildman–Crippen LogP) is -5.98. The molecule has 1 atom stereocenters. The highest BCUT2D eigenvalue weighted by atomic mass is 15.0. The van der Waals surface area contributed by atoms with Crippen molar-refractivity contribution < 1.29 is 0 Å². The fourth-order valence-electron chi connectivity index (χ4n) is 9.69. The summed E-state index contributed by atoms with van der Waals surface area (Å²) in [7, 11) is 24.0. The molecule has 1 N–H and O–H groups in total. The first-order valence-corrected chi connectivity index (χ1v) is 21.9. The molecular formula is C47H49B10N5. The fourth-order valence-corrected chi connectivity index (χ4v) is 9.69. The minimum Gasteiger partial charge on any atom is -0.388 e. The summed E-state index contributed by atoms with van der Waals surface area (Å²) in [4.78, 5) is 15.9. The number of anilines is 1. The lowest BCUT2D eigenvalue weighted by molar-refractivity contribution is 0.690. The summed E-state index contributed by atoms with van der Waals surface area (Å²) >= 11 is 0. The van der Waals surface area contributed by atoms with E-state index in [-0.39, 0.29) is 0 Å². The van der Waals surface area contributed by atoms with E-state index in [1.165, 1.54) is 71.5 Å². The van der Waals surface area contributed by atoms with Gasteiger partial charge in [-0.3, -0.25) is 0 Å². The number of nitrogens with one attached hydrogen (secondary N) is 1. The first-order valence-electron chi connectivity index (χ1n) is 21.9. The summed E-state index contributed by atoms with van der Waals surface area (Å²) < 4.78 is 2.49. The Morgan fingerprint density at radius 2 is 1.21 bits per heavy atom. The van der Waals surface area contributed by atoms with E-state index in [2.05, 4.69) is 210 Å². The van der Waals surface area contributed by atoms with Crippen molar-refractivity contribution in [2.45, 2.75) is 13.3 Å². The lowest BCUT2D eigenvalue weighted by atomic mass is 9.60. The minimum atomic E-state index is 0.404. The molecule has 0 aliphatic heterocycles. The van der Waals surface area contributed by atoms with Gasteiger partial charge >= 0.3 is 0 Å². The summed E-state index contributed by atoms with van der Waals surface area (Å²) in [5.41, 5.74) is 25.6. The van der Waals surface area contributed by atoms with Crippen molar-refractivity contribution >= 4 is 180 Å². The van der Waals surface area contributed by atoms with E-state index in [1.807, 2.05) is 7.05 Å². The number of benzene rings is 6. The molecule has 0 radical (unpaired) electrons. The molecule has 1 aromatic heterocycles. The number of aliphatic imine (C=N–C) groups is 3. The van der Waals surface area contributed by atoms with E-state index in [4.69, 9.17) is 9.98 Å². The van der Waals surface area contributed by atoms with E-state index >= 15 is 0 Å². The van der Waals surface area contributed by atoms with E-state index in [0.29, 0.717) is 17.6 Å². The van der Waals surface area contributed by atoms with Crippen LogP contribution in [0.25, 0.3) is 44.9 Å². The molecule has 0 amide bonds. The summed E-state index contributed by atoms with van der Waals surface area (Å²) in [6.45, 7) is 6.42. The zero-order valence-electron chi connectivity index (χ0n) is 38.6. The standard InChI is InChI=1S/C47H49B10N5/c1-22-16-17-27-31(20-22)62(25-13-9-12-24(21-25)23-10-5-4-6-11-23)30-19-18-29(58-2)32(33(27)30)26-14-7-8-15-28(26)60-47(35-38(50)42(54)45(57)43(55)39(35)51)61-46(59-3)34-36(48)40(52)44(56)41(53)37(34)49/h4-19,21-22,58H,3,20,48-57H2,1-2H3/b60-47-,61-46-. The van der Waals surface area contributed by atoms with Gasteiger partial charge in [0.15, 0.2) is 11.7 Å². The van der Waals surface area contributed by atoms with E-state index in [0.717, 1.165) is 62.2 Å². The van der Waals surface area contributed by atoms with Gasteiger partial charge in [0, 0.05) is 57.3 Å². The maximum absolute atomic E-state index is 5.68. The lowest BCUT2D eigenvalue weighted by Crippen LogP contribution is -2.57. The van der Waals surface area contributed by atoms with E-state index in [9.17, 15) is 0 Å². The zero-order chi connectivity index (χ0) is 44.1. The van der Waals surface area contributed by atoms with Gasteiger partial charge in [0.05, 0.1) is 11.2 Å². The first kappa shape index (κ1) is 42.7. The molecule has 8 rings (SSSR count). The number of amidine groups is 2. The maximum atomic E-state index is 5.68. The predicted molar refractivity (Wildman–Crippen MR) is 303 cm³/mol. The van der Waals surface area contributed by atoms with Crippen LogP contribution in [0, 0.1) is 5.92 Å². The third-order valence-electron chi connectivity index (χ3n) is 14.1. The van der Waals surface area contributed by atoms with Gasteiger partial charge < -0.3 is 9.88 Å². The molecule has 1 aliphatic rings. The summed E-state index contributed by atoms with van der Waals surface area (Å²) in [6, 6.07) is 32.7. The van der Waals surface area contributed by atoms with E-state index in [1.54, 1.807) is 0 Å². The Morgan fingerprint density at radius 1 is 0.645 bits per heavy atom. The summed E-state index contributed by atoms with van der Waals surface area (Å²) in [5.74, 6) is 1.61. The van der Waals surface area contributed by atoms with Crippen LogP contribution in [-0.2, 0) is 6.42 Å². The van der Waals surface area contributed by atoms with Crippen molar-refractivity contribution in [3.05, 3.63) is 119 Å². The molecule has 0 fully saturated rings. The van der Waals surface area contributed by atoms with Crippen molar-refractivity contribution in [2.75, 3.05) is 12.4 Å². The monoisotopic (exact) mass is 793 g/mol. The van der Waals surface area contributed by atoms with Crippen LogP contribution in [0.2, 0.25) is 0 Å². The summed E-state index contributed by atoms with van der Waals surface area (Å²) in [6.07, 6.45) is 5.63. The smallest absolute Gasteiger partial charge is 0.161 e. The van der Waals surface area contributed by atoms with Crippen molar-refractivity contribution in [3.8, 4) is 27.9 Å². The van der Waals surface area contributed by atoms with Gasteiger partial charge in [-0.15, -0.1) is 32.8 Å². The molecule has 7 aromatic rings. The third-order valence-corrected chi connectivity index (χ3v) is 14.1. The van der Waals surface area contributed by atoms with Crippen LogP contribution in [0.5, 0.6) is 0 Å². The molecule has 0 spiro atoms. The van der Waals surface area contributed by atoms with Crippen LogP contribution >= 0.6 is 0 Å². The molecular weight excluding hydrogens is 743 g/mol. The van der Waals surface area contributed by atoms with Gasteiger partial charge in [0.25, 0.3) is 0 Å². The zero-order valence-corrected chi connectivity index (χ0v) is 38.6. The largest absolute Gasteiger partial charge is 0.388 e. The summed E-state index contributed by atoms with van der Waals surface area (Å²) in [5, 5.41) is 4.79.